The predicted molar refractivity (Wildman–Crippen MR) is 83.8 cm³/mol. The van der Waals surface area contributed by atoms with E-state index in [4.69, 9.17) is 8.85 Å². The Bertz CT molecular complexity index is 218. The lowest BCUT2D eigenvalue weighted by atomic mass is 10.8. The molecule has 0 saturated heterocycles. The van der Waals surface area contributed by atoms with Crippen LogP contribution in [-0.2, 0) is 8.85 Å². The number of nitrogens with zero attached hydrogens (tertiary/aromatic N) is 1. The Morgan fingerprint density at radius 1 is 0.765 bits per heavy atom. The van der Waals surface area contributed by atoms with Crippen molar-refractivity contribution in [1.29, 1.82) is 0 Å². The molecule has 0 N–H and O–H groups in total. The minimum Gasteiger partial charge on any atom is -0.398 e. The number of rotatable bonds is 7. The fourth-order valence-corrected chi connectivity index (χ4v) is 13.5. The van der Waals surface area contributed by atoms with E-state index in [1.165, 1.54) is 0 Å². The molecule has 0 rings (SSSR count). The molecule has 0 saturated carbocycles. The average molecular weight is 294 g/mol. The Labute approximate surface area is 111 Å². The second kappa shape index (κ2) is 6.12. The summed E-state index contributed by atoms with van der Waals surface area (Å²) in [6, 6.07) is 1.06. The van der Waals surface area contributed by atoms with E-state index >= 15 is 0 Å². The Morgan fingerprint density at radius 3 is 1.35 bits per heavy atom. The van der Waals surface area contributed by atoms with Gasteiger partial charge in [0.15, 0.2) is 0 Å². The monoisotopic (exact) mass is 293 g/mol. The fraction of sp³-hybridized carbons (Fsp3) is 1.00. The molecule has 104 valence electrons. The number of hydrogen-bond acceptors (Lipinski definition) is 3. The fourth-order valence-electron chi connectivity index (χ4n) is 2.28. The third kappa shape index (κ3) is 5.80. The molecule has 17 heavy (non-hydrogen) atoms. The Kier molecular flexibility index (Phi) is 6.31. The molecular formula is C11H31NO2Si3. The van der Waals surface area contributed by atoms with Crippen molar-refractivity contribution in [2.24, 2.45) is 0 Å². The lowest BCUT2D eigenvalue weighted by molar-refractivity contribution is 0.248. The van der Waals surface area contributed by atoms with Gasteiger partial charge in [0.1, 0.15) is 16.5 Å². The first kappa shape index (κ1) is 17.5. The van der Waals surface area contributed by atoms with Gasteiger partial charge in [-0.3, -0.25) is 0 Å². The highest BCUT2D eigenvalue weighted by Gasteiger charge is 2.37. The molecule has 0 aromatic carbocycles. The van der Waals surface area contributed by atoms with Gasteiger partial charge in [0.05, 0.1) is 0 Å². The zero-order valence-corrected chi connectivity index (χ0v) is 16.2. The number of hydrogen-bond donors (Lipinski definition) is 0. The van der Waals surface area contributed by atoms with Crippen LogP contribution in [-0.4, -0.2) is 50.0 Å². The molecule has 0 spiro atoms. The summed E-state index contributed by atoms with van der Waals surface area (Å²) in [4.78, 5) is 0. The van der Waals surface area contributed by atoms with Crippen LogP contribution in [0.4, 0.5) is 0 Å². The van der Waals surface area contributed by atoms with Crippen molar-refractivity contribution in [3.8, 4) is 0 Å². The molecule has 3 nitrogen and oxygen atoms in total. The summed E-state index contributed by atoms with van der Waals surface area (Å²) >= 11 is 0. The summed E-state index contributed by atoms with van der Waals surface area (Å²) in [5, 5.41) is 0. The van der Waals surface area contributed by atoms with Crippen LogP contribution >= 0.6 is 0 Å². The van der Waals surface area contributed by atoms with Crippen LogP contribution in [0.3, 0.4) is 0 Å². The van der Waals surface area contributed by atoms with Crippen LogP contribution in [0.1, 0.15) is 0 Å². The molecule has 0 fully saturated rings. The smallest absolute Gasteiger partial charge is 0.335 e. The molecule has 0 aromatic heterocycles. The normalized spacial score (nSPS) is 14.5. The molecule has 0 heterocycles. The molecule has 0 aliphatic heterocycles. The van der Waals surface area contributed by atoms with Gasteiger partial charge in [-0.2, -0.15) is 0 Å². The Balaban J connectivity index is 4.70. The first-order valence-corrected chi connectivity index (χ1v) is 15.8. The summed E-state index contributed by atoms with van der Waals surface area (Å²) in [5.74, 6) is 0. The Morgan fingerprint density at radius 2 is 1.12 bits per heavy atom. The maximum absolute atomic E-state index is 5.58. The third-order valence-corrected chi connectivity index (χ3v) is 13.8. The molecule has 6 heteroatoms. The van der Waals surface area contributed by atoms with E-state index in [-0.39, 0.29) is 0 Å². The van der Waals surface area contributed by atoms with E-state index in [9.17, 15) is 0 Å². The standard InChI is InChI=1S/C11H31NO2Si3/c1-13-17(9,14-2)11-10-12(15(3,4)5)16(6,7)8/h10-11H2,1-9H3. The van der Waals surface area contributed by atoms with Crippen molar-refractivity contribution >= 4 is 25.0 Å². The van der Waals surface area contributed by atoms with Gasteiger partial charge in [-0.15, -0.1) is 0 Å². The maximum atomic E-state index is 5.58. The highest BCUT2D eigenvalue weighted by atomic mass is 28.4. The second-order valence-electron chi connectivity index (χ2n) is 6.79. The van der Waals surface area contributed by atoms with E-state index in [1.807, 2.05) is 0 Å². The molecular weight excluding hydrogens is 262 g/mol. The molecule has 0 amide bonds. The maximum Gasteiger partial charge on any atom is 0.335 e. The second-order valence-corrected chi connectivity index (χ2v) is 20.6. The molecule has 0 bridgehead atoms. The minimum atomic E-state index is -1.91. The lowest BCUT2D eigenvalue weighted by Gasteiger charge is -2.44. The van der Waals surface area contributed by atoms with E-state index in [2.05, 4.69) is 50.1 Å². The van der Waals surface area contributed by atoms with Crippen LogP contribution < -0.4 is 0 Å². The van der Waals surface area contributed by atoms with Gasteiger partial charge < -0.3 is 13.1 Å². The van der Waals surface area contributed by atoms with Gasteiger partial charge in [-0.25, -0.2) is 0 Å². The minimum absolute atomic E-state index is 1.06. The van der Waals surface area contributed by atoms with Gasteiger partial charge >= 0.3 is 8.56 Å². The van der Waals surface area contributed by atoms with Crippen molar-refractivity contribution in [2.45, 2.75) is 51.9 Å². The molecule has 0 radical (unpaired) electrons. The summed E-state index contributed by atoms with van der Waals surface area (Å²) in [7, 11) is -0.836. The van der Waals surface area contributed by atoms with Crippen molar-refractivity contribution in [1.82, 2.24) is 4.23 Å². The SMILES string of the molecule is CO[Si](C)(CCN([Si](C)(C)C)[Si](C)(C)C)OC. The zero-order chi connectivity index (χ0) is 13.9. The highest BCUT2D eigenvalue weighted by molar-refractivity contribution is 6.89. The topological polar surface area (TPSA) is 21.7 Å². The molecule has 0 atom stereocenters. The van der Waals surface area contributed by atoms with Gasteiger partial charge in [0.2, 0.25) is 0 Å². The summed E-state index contributed by atoms with van der Waals surface area (Å²) in [5.41, 5.74) is 0. The molecule has 0 aliphatic rings. The largest absolute Gasteiger partial charge is 0.398 e. The van der Waals surface area contributed by atoms with E-state index in [0.717, 1.165) is 12.6 Å². The third-order valence-electron chi connectivity index (χ3n) is 3.27. The average Bonchev–Trinajstić information content (AvgIpc) is 2.13. The van der Waals surface area contributed by atoms with Crippen molar-refractivity contribution < 1.29 is 8.85 Å². The lowest BCUT2D eigenvalue weighted by Crippen LogP contribution is -2.60. The first-order valence-electron chi connectivity index (χ1n) is 6.34. The van der Waals surface area contributed by atoms with Crippen LogP contribution in [0.5, 0.6) is 0 Å². The summed E-state index contributed by atoms with van der Waals surface area (Å²) < 4.78 is 14.0. The van der Waals surface area contributed by atoms with Crippen molar-refractivity contribution in [2.75, 3.05) is 20.8 Å². The predicted octanol–water partition coefficient (Wildman–Crippen LogP) is 3.32. The van der Waals surface area contributed by atoms with Gasteiger partial charge in [-0.1, -0.05) is 39.3 Å². The quantitative estimate of drug-likeness (QED) is 0.672. The zero-order valence-electron chi connectivity index (χ0n) is 13.2. The summed E-state index contributed by atoms with van der Waals surface area (Å²) in [6.45, 7) is 17.9. The molecule has 0 unspecified atom stereocenters. The van der Waals surface area contributed by atoms with E-state index in [0.29, 0.717) is 0 Å². The van der Waals surface area contributed by atoms with E-state index in [1.54, 1.807) is 14.2 Å². The van der Waals surface area contributed by atoms with Crippen molar-refractivity contribution in [3.63, 3.8) is 0 Å². The Hall–Kier alpha value is 0.531. The van der Waals surface area contributed by atoms with Gasteiger partial charge in [0.25, 0.3) is 0 Å². The van der Waals surface area contributed by atoms with Crippen LogP contribution in [0, 0.1) is 0 Å². The highest BCUT2D eigenvalue weighted by Crippen LogP contribution is 2.22. The van der Waals surface area contributed by atoms with Crippen LogP contribution in [0.15, 0.2) is 0 Å². The van der Waals surface area contributed by atoms with Gasteiger partial charge in [0, 0.05) is 20.3 Å². The van der Waals surface area contributed by atoms with Crippen LogP contribution in [0.25, 0.3) is 0 Å². The molecule has 0 aromatic rings. The first-order chi connectivity index (χ1) is 7.46. The van der Waals surface area contributed by atoms with E-state index < -0.39 is 25.0 Å². The summed E-state index contributed by atoms with van der Waals surface area (Å²) in [6.07, 6.45) is 0. The van der Waals surface area contributed by atoms with Crippen molar-refractivity contribution in [3.05, 3.63) is 0 Å². The van der Waals surface area contributed by atoms with Gasteiger partial charge in [-0.05, 0) is 13.1 Å². The molecule has 0 aliphatic carbocycles. The van der Waals surface area contributed by atoms with Crippen LogP contribution in [0.2, 0.25) is 51.9 Å².